The van der Waals surface area contributed by atoms with Gasteiger partial charge in [0.1, 0.15) is 17.5 Å². The fourth-order valence-electron chi connectivity index (χ4n) is 3.45. The summed E-state index contributed by atoms with van der Waals surface area (Å²) in [7, 11) is 4.36. The first-order valence-corrected chi connectivity index (χ1v) is 10.1. The summed E-state index contributed by atoms with van der Waals surface area (Å²) in [5.41, 5.74) is 1.55. The predicted octanol–water partition coefficient (Wildman–Crippen LogP) is 2.90. The number of amides is 2. The van der Waals surface area contributed by atoms with Crippen molar-refractivity contribution < 1.29 is 28.6 Å². The molecule has 0 bridgehead atoms. The number of hydrogen-bond acceptors (Lipinski definition) is 8. The Labute approximate surface area is 173 Å². The molecule has 0 aromatic heterocycles. The van der Waals surface area contributed by atoms with Crippen molar-refractivity contribution in [3.05, 3.63) is 22.6 Å². The first-order chi connectivity index (χ1) is 13.9. The van der Waals surface area contributed by atoms with Gasteiger partial charge in [-0.25, -0.2) is 4.79 Å². The number of esters is 1. The van der Waals surface area contributed by atoms with Crippen molar-refractivity contribution in [3.63, 3.8) is 0 Å². The second-order valence-electron chi connectivity index (χ2n) is 6.71. The van der Waals surface area contributed by atoms with Gasteiger partial charge in [-0.05, 0) is 43.7 Å². The van der Waals surface area contributed by atoms with Crippen molar-refractivity contribution >= 4 is 40.6 Å². The van der Waals surface area contributed by atoms with Gasteiger partial charge in [0, 0.05) is 24.7 Å². The standard InChI is InChI=1S/C20H24N2O6S/c1-12(19(24)28-4)22-18(23)17(29-20(22)25)10-13-9-16(27-3)14(11-15(13)26-2)21-7-5-6-8-21/h9-12H,5-8H2,1-4H3/b17-10-/t12-/m0/s1. The Balaban J connectivity index is 1.96. The van der Waals surface area contributed by atoms with Gasteiger partial charge in [0.05, 0.1) is 31.9 Å². The average molecular weight is 420 g/mol. The Morgan fingerprint density at radius 2 is 1.76 bits per heavy atom. The highest BCUT2D eigenvalue weighted by atomic mass is 32.2. The van der Waals surface area contributed by atoms with Crippen molar-refractivity contribution in [2.24, 2.45) is 0 Å². The van der Waals surface area contributed by atoms with E-state index in [1.165, 1.54) is 14.0 Å². The Hall–Kier alpha value is -2.68. The largest absolute Gasteiger partial charge is 0.496 e. The highest BCUT2D eigenvalue weighted by molar-refractivity contribution is 8.18. The quantitative estimate of drug-likeness (QED) is 0.513. The molecule has 2 aliphatic rings. The molecule has 2 heterocycles. The number of hydrogen-bond donors (Lipinski definition) is 0. The molecule has 2 fully saturated rings. The van der Waals surface area contributed by atoms with Crippen LogP contribution in [0.2, 0.25) is 0 Å². The van der Waals surface area contributed by atoms with Gasteiger partial charge in [0.2, 0.25) is 0 Å². The molecule has 0 aliphatic carbocycles. The summed E-state index contributed by atoms with van der Waals surface area (Å²) in [5, 5.41) is -0.515. The number of rotatable bonds is 6. The average Bonchev–Trinajstić information content (AvgIpc) is 3.35. The van der Waals surface area contributed by atoms with E-state index in [1.54, 1.807) is 26.4 Å². The summed E-state index contributed by atoms with van der Waals surface area (Å²) in [5.74, 6) is 0.0481. The van der Waals surface area contributed by atoms with E-state index < -0.39 is 23.2 Å². The normalized spacial score (nSPS) is 19.1. The summed E-state index contributed by atoms with van der Waals surface area (Å²) in [6.07, 6.45) is 3.83. The summed E-state index contributed by atoms with van der Waals surface area (Å²) in [4.78, 5) is 40.2. The molecule has 29 heavy (non-hydrogen) atoms. The molecule has 0 N–H and O–H groups in total. The van der Waals surface area contributed by atoms with Crippen LogP contribution in [0.15, 0.2) is 17.0 Å². The van der Waals surface area contributed by atoms with Crippen LogP contribution in [0, 0.1) is 0 Å². The first kappa shape index (κ1) is 21.0. The lowest BCUT2D eigenvalue weighted by molar-refractivity contribution is -0.148. The van der Waals surface area contributed by atoms with E-state index in [0.717, 1.165) is 48.3 Å². The molecule has 3 rings (SSSR count). The number of ether oxygens (including phenoxy) is 3. The zero-order valence-electron chi connectivity index (χ0n) is 16.9. The third-order valence-corrected chi connectivity index (χ3v) is 5.90. The lowest BCUT2D eigenvalue weighted by Gasteiger charge is -2.22. The third-order valence-electron chi connectivity index (χ3n) is 5.02. The van der Waals surface area contributed by atoms with Crippen LogP contribution in [-0.4, -0.2) is 62.5 Å². The minimum Gasteiger partial charge on any atom is -0.496 e. The fourth-order valence-corrected chi connectivity index (χ4v) is 4.35. The van der Waals surface area contributed by atoms with Crippen LogP contribution in [0.4, 0.5) is 10.5 Å². The van der Waals surface area contributed by atoms with Crippen LogP contribution in [0.5, 0.6) is 11.5 Å². The molecule has 156 valence electrons. The second kappa shape index (κ2) is 8.77. The van der Waals surface area contributed by atoms with Gasteiger partial charge < -0.3 is 19.1 Å². The van der Waals surface area contributed by atoms with Crippen molar-refractivity contribution in [1.29, 1.82) is 0 Å². The van der Waals surface area contributed by atoms with E-state index in [2.05, 4.69) is 9.64 Å². The van der Waals surface area contributed by atoms with Crippen LogP contribution in [-0.2, 0) is 14.3 Å². The van der Waals surface area contributed by atoms with E-state index in [-0.39, 0.29) is 4.91 Å². The minimum atomic E-state index is -0.993. The van der Waals surface area contributed by atoms with E-state index in [1.807, 2.05) is 6.07 Å². The molecule has 2 aliphatic heterocycles. The molecule has 0 saturated carbocycles. The van der Waals surface area contributed by atoms with Gasteiger partial charge in [0.25, 0.3) is 11.1 Å². The van der Waals surface area contributed by atoms with E-state index >= 15 is 0 Å². The van der Waals surface area contributed by atoms with Gasteiger partial charge in [-0.3, -0.25) is 14.5 Å². The molecular formula is C20H24N2O6S. The maximum atomic E-state index is 12.7. The Kier molecular flexibility index (Phi) is 6.36. The summed E-state index contributed by atoms with van der Waals surface area (Å²) in [6, 6.07) is 2.69. The maximum Gasteiger partial charge on any atom is 0.328 e. The number of thioether (sulfide) groups is 1. The molecule has 1 aromatic rings. The van der Waals surface area contributed by atoms with Gasteiger partial charge in [-0.15, -0.1) is 0 Å². The number of benzene rings is 1. The SMILES string of the molecule is COC(=O)[C@H](C)N1C(=O)S/C(=C\c2cc(OC)c(N3CCCC3)cc2OC)C1=O. The Bertz CT molecular complexity index is 863. The summed E-state index contributed by atoms with van der Waals surface area (Å²) >= 11 is 0.779. The van der Waals surface area contributed by atoms with Gasteiger partial charge in [-0.2, -0.15) is 0 Å². The third kappa shape index (κ3) is 4.05. The van der Waals surface area contributed by atoms with E-state index in [0.29, 0.717) is 17.1 Å². The summed E-state index contributed by atoms with van der Waals surface area (Å²) < 4.78 is 15.7. The van der Waals surface area contributed by atoms with E-state index in [9.17, 15) is 14.4 Å². The topological polar surface area (TPSA) is 85.4 Å². The smallest absolute Gasteiger partial charge is 0.328 e. The zero-order chi connectivity index (χ0) is 21.1. The van der Waals surface area contributed by atoms with Crippen LogP contribution in [0.1, 0.15) is 25.3 Å². The fraction of sp³-hybridized carbons (Fsp3) is 0.450. The molecular weight excluding hydrogens is 396 g/mol. The second-order valence-corrected chi connectivity index (χ2v) is 7.70. The molecule has 1 atom stereocenters. The highest BCUT2D eigenvalue weighted by Gasteiger charge is 2.41. The number of carbonyl (C=O) groups excluding carboxylic acids is 3. The Morgan fingerprint density at radius 1 is 1.10 bits per heavy atom. The molecule has 0 radical (unpaired) electrons. The predicted molar refractivity (Wildman–Crippen MR) is 110 cm³/mol. The highest BCUT2D eigenvalue weighted by Crippen LogP contribution is 2.40. The van der Waals surface area contributed by atoms with Gasteiger partial charge in [-0.1, -0.05) is 0 Å². The molecule has 8 nitrogen and oxygen atoms in total. The van der Waals surface area contributed by atoms with Crippen LogP contribution in [0.3, 0.4) is 0 Å². The number of imide groups is 1. The molecule has 1 aromatic carbocycles. The molecule has 0 unspecified atom stereocenters. The molecule has 2 saturated heterocycles. The molecule has 9 heteroatoms. The number of nitrogens with zero attached hydrogens (tertiary/aromatic N) is 2. The van der Waals surface area contributed by atoms with Crippen molar-refractivity contribution in [3.8, 4) is 11.5 Å². The van der Waals surface area contributed by atoms with Crippen LogP contribution in [0.25, 0.3) is 6.08 Å². The Morgan fingerprint density at radius 3 is 2.34 bits per heavy atom. The van der Waals surface area contributed by atoms with Gasteiger partial charge >= 0.3 is 5.97 Å². The maximum absolute atomic E-state index is 12.7. The van der Waals surface area contributed by atoms with Gasteiger partial charge in [0.15, 0.2) is 0 Å². The van der Waals surface area contributed by atoms with Crippen LogP contribution >= 0.6 is 11.8 Å². The zero-order valence-corrected chi connectivity index (χ0v) is 17.7. The van der Waals surface area contributed by atoms with Crippen molar-refractivity contribution in [2.75, 3.05) is 39.3 Å². The minimum absolute atomic E-state index is 0.208. The van der Waals surface area contributed by atoms with Crippen molar-refractivity contribution in [2.45, 2.75) is 25.8 Å². The lowest BCUT2D eigenvalue weighted by atomic mass is 10.1. The van der Waals surface area contributed by atoms with Crippen LogP contribution < -0.4 is 14.4 Å². The summed E-state index contributed by atoms with van der Waals surface area (Å²) in [6.45, 7) is 3.35. The van der Waals surface area contributed by atoms with Crippen molar-refractivity contribution in [1.82, 2.24) is 4.90 Å². The molecule has 2 amide bonds. The first-order valence-electron chi connectivity index (χ1n) is 9.27. The number of carbonyl (C=O) groups is 3. The monoisotopic (exact) mass is 420 g/mol. The number of anilines is 1. The number of methoxy groups -OCH3 is 3. The lowest BCUT2D eigenvalue weighted by Crippen LogP contribution is -2.42. The van der Waals surface area contributed by atoms with E-state index in [4.69, 9.17) is 9.47 Å². The molecule has 0 spiro atoms.